The fourth-order valence-electron chi connectivity index (χ4n) is 3.47. The number of carbonyl (C=O) groups excluding carboxylic acids is 1. The molecule has 5 nitrogen and oxygen atoms in total. The van der Waals surface area contributed by atoms with E-state index in [2.05, 4.69) is 29.2 Å². The van der Waals surface area contributed by atoms with Crippen molar-refractivity contribution >= 4 is 16.9 Å². The van der Waals surface area contributed by atoms with Gasteiger partial charge in [0.15, 0.2) is 5.65 Å². The SMILES string of the molecule is Cc1cc(C(=O)NC(C2CC2)C2CC2)c2cnn(C(C)C)c2n1. The zero-order valence-corrected chi connectivity index (χ0v) is 14.0. The number of aromatic nitrogens is 3. The van der Waals surface area contributed by atoms with Crippen LogP contribution in [0.25, 0.3) is 11.0 Å². The number of nitrogens with zero attached hydrogens (tertiary/aromatic N) is 3. The first-order chi connectivity index (χ1) is 11.0. The van der Waals surface area contributed by atoms with Gasteiger partial charge in [0.05, 0.1) is 17.1 Å². The third kappa shape index (κ3) is 2.73. The lowest BCUT2D eigenvalue weighted by atomic mass is 10.1. The molecule has 2 heterocycles. The van der Waals surface area contributed by atoms with Gasteiger partial charge in [-0.1, -0.05) is 0 Å². The molecule has 1 N–H and O–H groups in total. The van der Waals surface area contributed by atoms with E-state index in [0.717, 1.165) is 16.7 Å². The Kier molecular flexibility index (Phi) is 3.39. The van der Waals surface area contributed by atoms with Gasteiger partial charge in [0.1, 0.15) is 0 Å². The highest BCUT2D eigenvalue weighted by molar-refractivity contribution is 6.05. The second-order valence-electron chi connectivity index (χ2n) is 7.41. The van der Waals surface area contributed by atoms with Gasteiger partial charge in [0, 0.05) is 17.8 Å². The van der Waals surface area contributed by atoms with Crippen LogP contribution in [0.15, 0.2) is 12.3 Å². The highest BCUT2D eigenvalue weighted by Gasteiger charge is 2.42. The van der Waals surface area contributed by atoms with Crippen LogP contribution in [0.1, 0.15) is 61.6 Å². The Morgan fingerprint density at radius 3 is 2.48 bits per heavy atom. The number of rotatable bonds is 5. The Hall–Kier alpha value is -1.91. The van der Waals surface area contributed by atoms with Gasteiger partial charge in [-0.2, -0.15) is 5.10 Å². The number of fused-ring (bicyclic) bond motifs is 1. The Morgan fingerprint density at radius 2 is 1.91 bits per heavy atom. The Morgan fingerprint density at radius 1 is 1.26 bits per heavy atom. The second-order valence-corrected chi connectivity index (χ2v) is 7.41. The van der Waals surface area contributed by atoms with E-state index in [1.54, 1.807) is 6.20 Å². The third-order valence-electron chi connectivity index (χ3n) is 4.99. The molecule has 2 fully saturated rings. The van der Waals surface area contributed by atoms with Gasteiger partial charge in [-0.3, -0.25) is 4.79 Å². The summed E-state index contributed by atoms with van der Waals surface area (Å²) in [7, 11) is 0. The Bertz CT molecular complexity index is 744. The number of amides is 1. The topological polar surface area (TPSA) is 59.8 Å². The number of aryl methyl sites for hydroxylation is 1. The van der Waals surface area contributed by atoms with Gasteiger partial charge in [-0.15, -0.1) is 0 Å². The van der Waals surface area contributed by atoms with Crippen molar-refractivity contribution in [2.45, 2.75) is 58.5 Å². The molecular weight excluding hydrogens is 288 g/mol. The standard InChI is InChI=1S/C18H24N4O/c1-10(2)22-17-15(9-19-22)14(8-11(3)20-17)18(23)21-16(12-4-5-12)13-6-7-13/h8-10,12-13,16H,4-7H2,1-3H3,(H,21,23). The Balaban J connectivity index is 1.68. The van der Waals surface area contributed by atoms with Crippen molar-refractivity contribution < 1.29 is 4.79 Å². The largest absolute Gasteiger partial charge is 0.349 e. The highest BCUT2D eigenvalue weighted by Crippen LogP contribution is 2.44. The van der Waals surface area contributed by atoms with Crippen molar-refractivity contribution in [2.75, 3.05) is 0 Å². The van der Waals surface area contributed by atoms with Crippen molar-refractivity contribution in [3.05, 3.63) is 23.5 Å². The third-order valence-corrected chi connectivity index (χ3v) is 4.99. The molecule has 0 bridgehead atoms. The summed E-state index contributed by atoms with van der Waals surface area (Å²) in [6.07, 6.45) is 6.82. The monoisotopic (exact) mass is 312 g/mol. The maximum absolute atomic E-state index is 12.9. The van der Waals surface area contributed by atoms with Crippen molar-refractivity contribution in [1.29, 1.82) is 0 Å². The molecule has 1 amide bonds. The smallest absolute Gasteiger partial charge is 0.252 e. The van der Waals surface area contributed by atoms with Gasteiger partial charge in [-0.05, 0) is 64.4 Å². The van der Waals surface area contributed by atoms with E-state index >= 15 is 0 Å². The van der Waals surface area contributed by atoms with Gasteiger partial charge in [0.25, 0.3) is 5.91 Å². The number of pyridine rings is 1. The van der Waals surface area contributed by atoms with E-state index < -0.39 is 0 Å². The molecule has 2 aromatic heterocycles. The number of nitrogens with one attached hydrogen (secondary N) is 1. The molecule has 0 saturated heterocycles. The molecule has 0 aromatic carbocycles. The van der Waals surface area contributed by atoms with E-state index in [1.165, 1.54) is 25.7 Å². The first-order valence-electron chi connectivity index (χ1n) is 8.70. The lowest BCUT2D eigenvalue weighted by molar-refractivity contribution is 0.0928. The van der Waals surface area contributed by atoms with E-state index in [-0.39, 0.29) is 11.9 Å². The fourth-order valence-corrected chi connectivity index (χ4v) is 3.47. The van der Waals surface area contributed by atoms with Crippen LogP contribution in [0.2, 0.25) is 0 Å². The normalized spacial score (nSPS) is 18.1. The van der Waals surface area contributed by atoms with Crippen molar-refractivity contribution in [3.63, 3.8) is 0 Å². The molecule has 2 aliphatic rings. The van der Waals surface area contributed by atoms with Crippen LogP contribution >= 0.6 is 0 Å². The van der Waals surface area contributed by atoms with Crippen LogP contribution in [-0.2, 0) is 0 Å². The maximum atomic E-state index is 12.9. The van der Waals surface area contributed by atoms with E-state index in [0.29, 0.717) is 23.4 Å². The van der Waals surface area contributed by atoms with Crippen molar-refractivity contribution in [2.24, 2.45) is 11.8 Å². The summed E-state index contributed by atoms with van der Waals surface area (Å²) >= 11 is 0. The van der Waals surface area contributed by atoms with Crippen LogP contribution in [-0.4, -0.2) is 26.7 Å². The molecular formula is C18H24N4O. The van der Waals surface area contributed by atoms with Crippen LogP contribution in [0.3, 0.4) is 0 Å². The summed E-state index contributed by atoms with van der Waals surface area (Å²) < 4.78 is 1.89. The summed E-state index contributed by atoms with van der Waals surface area (Å²) in [5.74, 6) is 1.43. The molecule has 0 aliphatic heterocycles. The number of hydrogen-bond acceptors (Lipinski definition) is 3. The molecule has 2 aliphatic carbocycles. The van der Waals surface area contributed by atoms with E-state index in [1.807, 2.05) is 17.7 Å². The number of carbonyl (C=O) groups is 1. The van der Waals surface area contributed by atoms with Gasteiger partial charge < -0.3 is 5.32 Å². The highest BCUT2D eigenvalue weighted by atomic mass is 16.1. The summed E-state index contributed by atoms with van der Waals surface area (Å²) in [5.41, 5.74) is 2.38. The molecule has 0 radical (unpaired) electrons. The van der Waals surface area contributed by atoms with Crippen molar-refractivity contribution in [1.82, 2.24) is 20.1 Å². The Labute approximate surface area is 136 Å². The molecule has 0 spiro atoms. The zero-order chi connectivity index (χ0) is 16.1. The minimum atomic E-state index is 0.0348. The first kappa shape index (κ1) is 14.7. The zero-order valence-electron chi connectivity index (χ0n) is 14.0. The quantitative estimate of drug-likeness (QED) is 0.922. The van der Waals surface area contributed by atoms with Crippen LogP contribution < -0.4 is 5.32 Å². The van der Waals surface area contributed by atoms with Crippen LogP contribution in [0, 0.1) is 18.8 Å². The summed E-state index contributed by atoms with van der Waals surface area (Å²) in [4.78, 5) is 17.5. The lowest BCUT2D eigenvalue weighted by Gasteiger charge is -2.18. The molecule has 23 heavy (non-hydrogen) atoms. The lowest BCUT2D eigenvalue weighted by Crippen LogP contribution is -2.38. The molecule has 2 aromatic rings. The number of hydrogen-bond donors (Lipinski definition) is 1. The predicted molar refractivity (Wildman–Crippen MR) is 89.4 cm³/mol. The molecule has 2 saturated carbocycles. The van der Waals surface area contributed by atoms with E-state index in [4.69, 9.17) is 0 Å². The molecule has 4 rings (SSSR count). The molecule has 0 atom stereocenters. The second kappa shape index (κ2) is 5.32. The minimum absolute atomic E-state index is 0.0348. The van der Waals surface area contributed by atoms with Crippen LogP contribution in [0.5, 0.6) is 0 Å². The van der Waals surface area contributed by atoms with E-state index in [9.17, 15) is 4.79 Å². The van der Waals surface area contributed by atoms with Crippen molar-refractivity contribution in [3.8, 4) is 0 Å². The van der Waals surface area contributed by atoms with Crippen LogP contribution in [0.4, 0.5) is 0 Å². The maximum Gasteiger partial charge on any atom is 0.252 e. The van der Waals surface area contributed by atoms with Gasteiger partial charge in [-0.25, -0.2) is 9.67 Å². The molecule has 122 valence electrons. The summed E-state index contributed by atoms with van der Waals surface area (Å²) in [5, 5.41) is 8.59. The first-order valence-corrected chi connectivity index (χ1v) is 8.70. The van der Waals surface area contributed by atoms with Gasteiger partial charge >= 0.3 is 0 Å². The predicted octanol–water partition coefficient (Wildman–Crippen LogP) is 3.24. The average molecular weight is 312 g/mol. The van der Waals surface area contributed by atoms with Gasteiger partial charge in [0.2, 0.25) is 0 Å². The average Bonchev–Trinajstić information content (AvgIpc) is 3.40. The molecule has 5 heteroatoms. The minimum Gasteiger partial charge on any atom is -0.349 e. The molecule has 0 unspecified atom stereocenters. The summed E-state index contributed by atoms with van der Waals surface area (Å²) in [6, 6.07) is 2.48. The fraction of sp³-hybridized carbons (Fsp3) is 0.611. The summed E-state index contributed by atoms with van der Waals surface area (Å²) in [6.45, 7) is 6.09.